The van der Waals surface area contributed by atoms with Gasteiger partial charge in [0.25, 0.3) is 0 Å². The zero-order valence-electron chi connectivity index (χ0n) is 47.8. The predicted octanol–water partition coefficient (Wildman–Crippen LogP) is -2.30. The number of carbonyl (C=O) groups is 11. The lowest BCUT2D eigenvalue weighted by atomic mass is 10.0. The number of hydrogen-bond acceptors (Lipinski definition) is 17. The number of rotatable bonds is 48. The minimum absolute atomic E-state index is 0.0588. The number of unbranched alkanes of at least 4 members (excludes halogenated alkanes) is 13. The van der Waals surface area contributed by atoms with E-state index in [1.54, 1.807) is 0 Å². The normalized spacial score (nSPS) is 14.8. The van der Waals surface area contributed by atoms with Crippen molar-refractivity contribution in [3.05, 3.63) is 12.4 Å². The minimum atomic E-state index is -1.92. The SMILES string of the molecule is C=C(N)NCCC[C@H](NC(=O)[C@@H](NC(=O)[C@H](CCC(N)=O)NC(=O)[C@H](CCCC)NC(=O)CCCCCCCCCCCCCCC)[C@@H](C)O)C(=O)N[C@@H](CO)C(=O)N[C@@H](CO)C(=O)N[C@H](C(=O)N[C@@H](CCC(N)=O)C(=O)O)[C@@H](C)O. The lowest BCUT2D eigenvalue weighted by Crippen LogP contribution is -2.62. The number of primary amides is 2. The van der Waals surface area contributed by atoms with Gasteiger partial charge >= 0.3 is 5.97 Å². The van der Waals surface area contributed by atoms with Crippen LogP contribution in [0.4, 0.5) is 0 Å². The molecule has 0 saturated heterocycles. The molecule has 0 aliphatic carbocycles. The van der Waals surface area contributed by atoms with Gasteiger partial charge in [-0.3, -0.25) is 47.9 Å². The number of aliphatic hydroxyl groups excluding tert-OH is 4. The molecular weight excluding hydrogens is 1060 g/mol. The van der Waals surface area contributed by atoms with Crippen LogP contribution in [-0.4, -0.2) is 171 Å². The third-order valence-electron chi connectivity index (χ3n) is 13.0. The van der Waals surface area contributed by atoms with Crippen LogP contribution in [0.3, 0.4) is 0 Å². The average Bonchev–Trinajstić information content (AvgIpc) is 3.40. The Morgan fingerprint density at radius 3 is 1.15 bits per heavy atom. The second-order valence-electron chi connectivity index (χ2n) is 20.3. The van der Waals surface area contributed by atoms with Crippen molar-refractivity contribution in [1.82, 2.24) is 47.9 Å². The van der Waals surface area contributed by atoms with Crippen molar-refractivity contribution in [3.63, 3.8) is 0 Å². The lowest BCUT2D eigenvalue weighted by Gasteiger charge is -2.28. The summed E-state index contributed by atoms with van der Waals surface area (Å²) in [6, 6.07) is -13.4. The molecule has 20 N–H and O–H groups in total. The fourth-order valence-electron chi connectivity index (χ4n) is 8.22. The molecule has 0 aliphatic heterocycles. The van der Waals surface area contributed by atoms with E-state index in [0.717, 1.165) is 39.5 Å². The third-order valence-corrected chi connectivity index (χ3v) is 13.0. The standard InChI is InChI=1S/C53H96N12O16/c1-6-8-10-11-12-13-14-15-16-17-18-19-20-24-43(72)58-35(22-9-7-2)46(73)59-37(25-27-41(55)70)48(75)64-44(32(3)68)51(78)60-36(23-21-29-57-34(5)54)47(74)62-39(30-66)49(76)63-40(31-67)50(77)65-45(33(4)69)52(79)61-38(53(80)81)26-28-42(56)71/h32-33,35-40,44-45,57,66-69H,5-31,54H2,1-4H3,(H2,55,70)(H2,56,71)(H,58,72)(H,59,73)(H,60,78)(H,61,79)(H,62,74)(H,63,76)(H,64,75)(H,65,77)(H,80,81)/t32-,33-,35+,36+,37+,38+,39+,40+,44+,45+/m1/s1. The fraction of sp³-hybridized carbons (Fsp3) is 0.755. The van der Waals surface area contributed by atoms with Crippen molar-refractivity contribution in [2.75, 3.05) is 19.8 Å². The first-order valence-corrected chi connectivity index (χ1v) is 28.3. The molecule has 0 saturated carbocycles. The van der Waals surface area contributed by atoms with Crippen LogP contribution in [0.15, 0.2) is 12.4 Å². The molecule has 0 bridgehead atoms. The summed E-state index contributed by atoms with van der Waals surface area (Å²) in [6.07, 6.45) is 11.1. The number of carbonyl (C=O) groups excluding carboxylic acids is 10. The summed E-state index contributed by atoms with van der Waals surface area (Å²) < 4.78 is 0. The van der Waals surface area contributed by atoms with Gasteiger partial charge in [-0.05, 0) is 52.4 Å². The van der Waals surface area contributed by atoms with Gasteiger partial charge in [0.1, 0.15) is 48.3 Å². The number of carboxylic acids is 1. The molecule has 0 aromatic carbocycles. The van der Waals surface area contributed by atoms with Crippen molar-refractivity contribution in [2.45, 2.75) is 236 Å². The van der Waals surface area contributed by atoms with Gasteiger partial charge in [-0.25, -0.2) is 4.79 Å². The third kappa shape index (κ3) is 33.6. The Labute approximate surface area is 475 Å². The summed E-state index contributed by atoms with van der Waals surface area (Å²) in [5.41, 5.74) is 16.1. The van der Waals surface area contributed by atoms with Crippen LogP contribution in [0.1, 0.15) is 175 Å². The number of nitrogens with one attached hydrogen (secondary N) is 9. The molecule has 10 amide bonds. The zero-order valence-corrected chi connectivity index (χ0v) is 47.8. The summed E-state index contributed by atoms with van der Waals surface area (Å²) in [5, 5.41) is 72.0. The molecule has 0 rings (SSSR count). The van der Waals surface area contributed by atoms with Crippen molar-refractivity contribution < 1.29 is 78.3 Å². The van der Waals surface area contributed by atoms with Gasteiger partial charge in [-0.1, -0.05) is 110 Å². The van der Waals surface area contributed by atoms with Crippen LogP contribution in [-0.2, 0) is 52.7 Å². The van der Waals surface area contributed by atoms with Gasteiger partial charge < -0.3 is 90.6 Å². The van der Waals surface area contributed by atoms with Gasteiger partial charge in [-0.15, -0.1) is 0 Å². The van der Waals surface area contributed by atoms with Crippen molar-refractivity contribution >= 4 is 65.0 Å². The Morgan fingerprint density at radius 1 is 0.407 bits per heavy atom. The molecule has 0 spiro atoms. The number of amides is 10. The van der Waals surface area contributed by atoms with Gasteiger partial charge in [0.2, 0.25) is 59.1 Å². The minimum Gasteiger partial charge on any atom is -0.480 e. The highest BCUT2D eigenvalue weighted by molar-refractivity contribution is 5.98. The molecule has 28 nitrogen and oxygen atoms in total. The van der Waals surface area contributed by atoms with Gasteiger partial charge in [0.15, 0.2) is 0 Å². The molecule has 0 aromatic rings. The molecule has 0 unspecified atom stereocenters. The summed E-state index contributed by atoms with van der Waals surface area (Å²) in [7, 11) is 0. The van der Waals surface area contributed by atoms with E-state index < -0.39 is 152 Å². The number of aliphatic hydroxyl groups is 4. The predicted molar refractivity (Wildman–Crippen MR) is 298 cm³/mol. The Hall–Kier alpha value is -6.65. The summed E-state index contributed by atoms with van der Waals surface area (Å²) in [4.78, 5) is 143. The summed E-state index contributed by atoms with van der Waals surface area (Å²) in [6.45, 7) is 7.61. The Balaban J connectivity index is 6.15. The van der Waals surface area contributed by atoms with E-state index in [2.05, 4.69) is 61.4 Å². The van der Waals surface area contributed by atoms with Crippen molar-refractivity contribution in [3.8, 4) is 0 Å². The molecule has 0 heterocycles. The topological polar surface area (TPSA) is 475 Å². The first-order chi connectivity index (χ1) is 38.3. The first-order valence-electron chi connectivity index (χ1n) is 28.3. The van der Waals surface area contributed by atoms with Crippen LogP contribution in [0, 0.1) is 0 Å². The van der Waals surface area contributed by atoms with Crippen LogP contribution >= 0.6 is 0 Å². The Morgan fingerprint density at radius 2 is 0.741 bits per heavy atom. The highest BCUT2D eigenvalue weighted by Gasteiger charge is 2.36. The molecule has 28 heteroatoms. The van der Waals surface area contributed by atoms with Crippen molar-refractivity contribution in [2.24, 2.45) is 17.2 Å². The van der Waals surface area contributed by atoms with E-state index in [1.165, 1.54) is 51.4 Å². The number of hydrogen-bond donors (Lipinski definition) is 17. The van der Waals surface area contributed by atoms with Gasteiger partial charge in [0, 0.05) is 25.8 Å². The maximum atomic E-state index is 13.9. The van der Waals surface area contributed by atoms with E-state index >= 15 is 0 Å². The fourth-order valence-corrected chi connectivity index (χ4v) is 8.22. The van der Waals surface area contributed by atoms with Gasteiger partial charge in [-0.2, -0.15) is 0 Å². The first kappa shape index (κ1) is 74.3. The molecular formula is C53H96N12O16. The smallest absolute Gasteiger partial charge is 0.326 e. The number of nitrogens with two attached hydrogens (primary N) is 3. The quantitative estimate of drug-likeness (QED) is 0.0285. The molecule has 10 atom stereocenters. The highest BCUT2D eigenvalue weighted by Crippen LogP contribution is 2.14. The largest absolute Gasteiger partial charge is 0.480 e. The monoisotopic (exact) mass is 1160 g/mol. The van der Waals surface area contributed by atoms with E-state index in [1.807, 2.05) is 6.92 Å². The zero-order chi connectivity index (χ0) is 61.5. The van der Waals surface area contributed by atoms with E-state index in [4.69, 9.17) is 17.2 Å². The summed E-state index contributed by atoms with van der Waals surface area (Å²) >= 11 is 0. The number of aliphatic carboxylic acids is 1. The Kier molecular flexibility index (Phi) is 39.6. The van der Waals surface area contributed by atoms with E-state index in [0.29, 0.717) is 19.3 Å². The summed E-state index contributed by atoms with van der Waals surface area (Å²) in [5.74, 6) is -11.4. The molecule has 0 aromatic heterocycles. The molecule has 0 aliphatic rings. The number of carboxylic acid groups (broad SMARTS) is 1. The van der Waals surface area contributed by atoms with Crippen LogP contribution < -0.4 is 65.1 Å². The second-order valence-corrected chi connectivity index (χ2v) is 20.3. The van der Waals surface area contributed by atoms with E-state index in [-0.39, 0.29) is 50.4 Å². The molecule has 0 radical (unpaired) electrons. The van der Waals surface area contributed by atoms with Crippen LogP contribution in [0.25, 0.3) is 0 Å². The van der Waals surface area contributed by atoms with Crippen LogP contribution in [0.5, 0.6) is 0 Å². The molecule has 81 heavy (non-hydrogen) atoms. The second kappa shape index (κ2) is 43.1. The highest BCUT2D eigenvalue weighted by atomic mass is 16.4. The maximum Gasteiger partial charge on any atom is 0.326 e. The van der Waals surface area contributed by atoms with Gasteiger partial charge in [0.05, 0.1) is 31.2 Å². The lowest BCUT2D eigenvalue weighted by molar-refractivity contribution is -0.143. The maximum absolute atomic E-state index is 13.9. The Bertz CT molecular complexity index is 2000. The average molecular weight is 1160 g/mol. The van der Waals surface area contributed by atoms with Crippen LogP contribution in [0.2, 0.25) is 0 Å². The van der Waals surface area contributed by atoms with Crippen molar-refractivity contribution in [1.29, 1.82) is 0 Å². The molecule has 0 fully saturated rings. The molecule has 464 valence electrons. The van der Waals surface area contributed by atoms with E-state index in [9.17, 15) is 78.3 Å².